The average molecular weight is 584 g/mol. The van der Waals surface area contributed by atoms with Crippen LogP contribution in [0.1, 0.15) is 67.6 Å². The van der Waals surface area contributed by atoms with Crippen molar-refractivity contribution >= 4 is 45.6 Å². The molecule has 1 aliphatic rings. The normalized spacial score (nSPS) is 15.8. The van der Waals surface area contributed by atoms with E-state index in [2.05, 4.69) is 48.9 Å². The molecular formula is C29H34ClN5O2S2. The molecule has 0 bridgehead atoms. The number of aryl methyl sites for hydroxylation is 1. The van der Waals surface area contributed by atoms with Gasteiger partial charge in [0.15, 0.2) is 17.1 Å². The van der Waals surface area contributed by atoms with Gasteiger partial charge >= 0.3 is 0 Å². The van der Waals surface area contributed by atoms with Crippen molar-refractivity contribution in [1.82, 2.24) is 14.8 Å². The van der Waals surface area contributed by atoms with Crippen LogP contribution in [0.3, 0.4) is 0 Å². The summed E-state index contributed by atoms with van der Waals surface area (Å²) in [6.07, 6.45) is 4.27. The summed E-state index contributed by atoms with van der Waals surface area (Å²) in [4.78, 5) is 14.2. The molecule has 1 amide bonds. The zero-order valence-corrected chi connectivity index (χ0v) is 25.4. The van der Waals surface area contributed by atoms with E-state index in [1.165, 1.54) is 16.6 Å². The maximum Gasteiger partial charge on any atom is 0.235 e. The number of halogens is 1. The number of rotatable bonds is 9. The lowest BCUT2D eigenvalue weighted by molar-refractivity contribution is -0.113. The summed E-state index contributed by atoms with van der Waals surface area (Å²) in [6.45, 7) is 15.0. The molecule has 2 heterocycles. The van der Waals surface area contributed by atoms with Gasteiger partial charge in [-0.05, 0) is 73.8 Å². The van der Waals surface area contributed by atoms with E-state index in [0.717, 1.165) is 36.1 Å². The van der Waals surface area contributed by atoms with Gasteiger partial charge in [-0.1, -0.05) is 50.2 Å². The van der Waals surface area contributed by atoms with Gasteiger partial charge in [0.2, 0.25) is 5.91 Å². The molecular weight excluding hydrogens is 550 g/mol. The molecule has 1 aromatic carbocycles. The van der Waals surface area contributed by atoms with Gasteiger partial charge in [0, 0.05) is 16.4 Å². The van der Waals surface area contributed by atoms with Crippen molar-refractivity contribution in [3.05, 3.63) is 63.3 Å². The number of nitrogens with zero attached hydrogens (tertiary/aromatic N) is 4. The third-order valence-electron chi connectivity index (χ3n) is 7.05. The van der Waals surface area contributed by atoms with Crippen LogP contribution in [0.5, 0.6) is 5.75 Å². The van der Waals surface area contributed by atoms with Gasteiger partial charge in [0.05, 0.1) is 11.3 Å². The van der Waals surface area contributed by atoms with E-state index in [1.807, 2.05) is 30.5 Å². The number of amides is 1. The van der Waals surface area contributed by atoms with E-state index in [0.29, 0.717) is 39.0 Å². The van der Waals surface area contributed by atoms with Crippen molar-refractivity contribution in [2.75, 3.05) is 11.1 Å². The second-order valence-electron chi connectivity index (χ2n) is 10.9. The van der Waals surface area contributed by atoms with Crippen LogP contribution in [0.15, 0.2) is 36.0 Å². The van der Waals surface area contributed by atoms with E-state index in [4.69, 9.17) is 16.3 Å². The number of anilines is 1. The third-order valence-corrected chi connectivity index (χ3v) is 9.42. The van der Waals surface area contributed by atoms with Crippen LogP contribution < -0.4 is 10.1 Å². The Bertz CT molecular complexity index is 1420. The van der Waals surface area contributed by atoms with Gasteiger partial charge in [-0.15, -0.1) is 28.1 Å². The number of nitrogens with one attached hydrogen (secondary N) is 1. The van der Waals surface area contributed by atoms with Crippen LogP contribution >= 0.6 is 34.7 Å². The van der Waals surface area contributed by atoms with Crippen molar-refractivity contribution in [1.29, 1.82) is 5.26 Å². The molecule has 7 nitrogen and oxygen atoms in total. The third kappa shape index (κ3) is 6.68. The molecule has 0 radical (unpaired) electrons. The number of nitriles is 1. The maximum atomic E-state index is 13.0. The highest BCUT2D eigenvalue weighted by Gasteiger charge is 2.32. The van der Waals surface area contributed by atoms with E-state index >= 15 is 0 Å². The Morgan fingerprint density at radius 1 is 1.44 bits per heavy atom. The molecule has 2 unspecified atom stereocenters. The Labute approximate surface area is 243 Å². The van der Waals surface area contributed by atoms with E-state index < -0.39 is 0 Å². The number of carbonyl (C=O) groups excluding carboxylic acids is 1. The van der Waals surface area contributed by atoms with Crippen LogP contribution in [0.4, 0.5) is 5.00 Å². The fourth-order valence-electron chi connectivity index (χ4n) is 4.82. The number of ether oxygens (including phenoxy) is 1. The number of allylic oxidation sites excluding steroid dienone is 1. The highest BCUT2D eigenvalue weighted by atomic mass is 35.5. The van der Waals surface area contributed by atoms with Gasteiger partial charge < -0.3 is 10.1 Å². The van der Waals surface area contributed by atoms with E-state index in [1.54, 1.807) is 23.5 Å². The monoisotopic (exact) mass is 583 g/mol. The molecule has 0 saturated carbocycles. The second kappa shape index (κ2) is 12.2. The minimum Gasteiger partial charge on any atom is -0.482 e. The summed E-state index contributed by atoms with van der Waals surface area (Å²) in [6, 6.07) is 7.81. The van der Waals surface area contributed by atoms with Crippen LogP contribution in [0.2, 0.25) is 5.02 Å². The van der Waals surface area contributed by atoms with Crippen LogP contribution in [0, 0.1) is 29.6 Å². The summed E-state index contributed by atoms with van der Waals surface area (Å²) < 4.78 is 8.05. The molecule has 2 aromatic heterocycles. The highest BCUT2D eigenvalue weighted by Crippen LogP contribution is 2.44. The van der Waals surface area contributed by atoms with E-state index in [-0.39, 0.29) is 23.2 Å². The molecule has 0 fully saturated rings. The molecule has 0 aliphatic heterocycles. The van der Waals surface area contributed by atoms with Gasteiger partial charge in [-0.3, -0.25) is 9.36 Å². The maximum absolute atomic E-state index is 13.0. The molecule has 1 aliphatic carbocycles. The smallest absolute Gasteiger partial charge is 0.235 e. The standard InChI is InChI=1S/C29H34ClN5O2S2/c1-7-12-35-26(18(3)37-23-11-9-20(30)13-17(23)2)33-34-28(35)38-16-25(36)32-27-22(15-31)21-10-8-19(29(4,5)6)14-24(21)39-27/h7,9,11,13,18-19H,1,8,10,12,14,16H2,2-6H3,(H,32,36). The van der Waals surface area contributed by atoms with Crippen molar-refractivity contribution in [3.8, 4) is 11.8 Å². The molecule has 0 saturated heterocycles. The summed E-state index contributed by atoms with van der Waals surface area (Å²) in [7, 11) is 0. The van der Waals surface area contributed by atoms with Crippen LogP contribution in [-0.2, 0) is 24.2 Å². The molecule has 1 N–H and O–H groups in total. The lowest BCUT2D eigenvalue weighted by Crippen LogP contribution is -2.26. The van der Waals surface area contributed by atoms with Gasteiger partial charge in [-0.25, -0.2) is 0 Å². The van der Waals surface area contributed by atoms with Gasteiger partial charge in [0.25, 0.3) is 0 Å². The SMILES string of the molecule is C=CCn1c(SCC(=O)Nc2sc3c(c2C#N)CCC(C(C)(C)C)C3)nnc1C(C)Oc1ccc(Cl)cc1C. The molecule has 0 spiro atoms. The van der Waals surface area contributed by atoms with Gasteiger partial charge in [-0.2, -0.15) is 5.26 Å². The zero-order chi connectivity index (χ0) is 28.3. The van der Waals surface area contributed by atoms with E-state index in [9.17, 15) is 10.1 Å². The summed E-state index contributed by atoms with van der Waals surface area (Å²) >= 11 is 8.91. The molecule has 10 heteroatoms. The quantitative estimate of drug-likeness (QED) is 0.209. The Hall–Kier alpha value is -2.80. The van der Waals surface area contributed by atoms with Crippen molar-refractivity contribution in [2.45, 2.75) is 71.7 Å². The first kappa shape index (κ1) is 29.2. The Morgan fingerprint density at radius 3 is 2.87 bits per heavy atom. The summed E-state index contributed by atoms with van der Waals surface area (Å²) in [5.41, 5.74) is 2.86. The first-order valence-corrected chi connectivity index (χ1v) is 15.1. The predicted octanol–water partition coefficient (Wildman–Crippen LogP) is 7.38. The number of thiophene rings is 1. The number of benzene rings is 1. The summed E-state index contributed by atoms with van der Waals surface area (Å²) in [5.74, 6) is 1.87. The molecule has 206 valence electrons. The van der Waals surface area contributed by atoms with Crippen molar-refractivity contribution in [2.24, 2.45) is 11.3 Å². The molecule has 39 heavy (non-hydrogen) atoms. The lowest BCUT2D eigenvalue weighted by Gasteiger charge is -2.33. The zero-order valence-electron chi connectivity index (χ0n) is 23.0. The molecule has 4 rings (SSSR count). The fourth-order valence-corrected chi connectivity index (χ4v) is 7.10. The second-order valence-corrected chi connectivity index (χ2v) is 13.4. The molecule has 2 atom stereocenters. The number of carbonyl (C=O) groups is 1. The molecule has 3 aromatic rings. The highest BCUT2D eigenvalue weighted by molar-refractivity contribution is 7.99. The fraction of sp³-hybridized carbons (Fsp3) is 0.448. The Balaban J connectivity index is 1.44. The van der Waals surface area contributed by atoms with Crippen LogP contribution in [0.25, 0.3) is 0 Å². The largest absolute Gasteiger partial charge is 0.482 e. The summed E-state index contributed by atoms with van der Waals surface area (Å²) in [5, 5.41) is 23.4. The lowest BCUT2D eigenvalue weighted by atomic mass is 9.72. The first-order valence-electron chi connectivity index (χ1n) is 13.0. The Morgan fingerprint density at radius 2 is 2.21 bits per heavy atom. The first-order chi connectivity index (χ1) is 18.5. The van der Waals surface area contributed by atoms with Crippen molar-refractivity contribution < 1.29 is 9.53 Å². The number of hydrogen-bond acceptors (Lipinski definition) is 7. The number of fused-ring (bicyclic) bond motifs is 1. The topological polar surface area (TPSA) is 92.8 Å². The Kier molecular flexibility index (Phi) is 9.10. The van der Waals surface area contributed by atoms with Crippen molar-refractivity contribution in [3.63, 3.8) is 0 Å². The van der Waals surface area contributed by atoms with Crippen LogP contribution in [-0.4, -0.2) is 26.4 Å². The minimum absolute atomic E-state index is 0.138. The predicted molar refractivity (Wildman–Crippen MR) is 159 cm³/mol. The number of aromatic nitrogens is 3. The average Bonchev–Trinajstić information content (AvgIpc) is 3.44. The van der Waals surface area contributed by atoms with Gasteiger partial charge in [0.1, 0.15) is 16.8 Å². The minimum atomic E-state index is -0.381. The number of thioether (sulfide) groups is 1. The number of hydrogen-bond donors (Lipinski definition) is 1.